The quantitative estimate of drug-likeness (QED) is 0.215. The van der Waals surface area contributed by atoms with Crippen molar-refractivity contribution >= 4 is 40.7 Å². The Hall–Kier alpha value is -4.35. The third-order valence-corrected chi connectivity index (χ3v) is 8.55. The maximum atomic E-state index is 14.5. The molecule has 0 radical (unpaired) electrons. The van der Waals surface area contributed by atoms with Gasteiger partial charge in [-0.1, -0.05) is 78.4 Å². The molecule has 1 saturated heterocycles. The van der Waals surface area contributed by atoms with Crippen LogP contribution in [0.25, 0.3) is 6.08 Å². The Morgan fingerprint density at radius 3 is 2.18 bits per heavy atom. The van der Waals surface area contributed by atoms with Crippen LogP contribution >= 0.6 is 11.6 Å². The van der Waals surface area contributed by atoms with Gasteiger partial charge in [0.05, 0.1) is 6.04 Å². The standard InChI is InChI=1S/C33H21ClFNO3/c34-22-8-5-7-21(18-22)28-29(30(37)20-12-15-23(35)16-13-20)36-26-11-4-1-6-19(26)14-17-27(36)33(28)31(38)24-9-2-3-10-25(24)32(33)39/h1-18,27-29H/t27-,28-,29+/m0/s1. The first-order valence-corrected chi connectivity index (χ1v) is 13.1. The third kappa shape index (κ3) is 3.20. The van der Waals surface area contributed by atoms with E-state index in [0.29, 0.717) is 27.3 Å². The van der Waals surface area contributed by atoms with Crippen LogP contribution in [0.1, 0.15) is 48.1 Å². The summed E-state index contributed by atoms with van der Waals surface area (Å²) < 4.78 is 13.8. The number of fused-ring (bicyclic) bond motifs is 5. The fourth-order valence-corrected chi connectivity index (χ4v) is 6.97. The van der Waals surface area contributed by atoms with Crippen molar-refractivity contribution in [1.82, 2.24) is 0 Å². The number of halogens is 2. The summed E-state index contributed by atoms with van der Waals surface area (Å²) in [4.78, 5) is 45.5. The Morgan fingerprint density at radius 1 is 0.821 bits per heavy atom. The molecule has 3 atom stereocenters. The zero-order chi connectivity index (χ0) is 26.9. The summed E-state index contributed by atoms with van der Waals surface area (Å²) in [5.74, 6) is -2.23. The Labute approximate surface area is 229 Å². The van der Waals surface area contributed by atoms with Crippen molar-refractivity contribution in [3.05, 3.63) is 142 Å². The lowest BCUT2D eigenvalue weighted by Crippen LogP contribution is -2.48. The van der Waals surface area contributed by atoms with E-state index in [0.717, 1.165) is 11.3 Å². The van der Waals surface area contributed by atoms with Gasteiger partial charge in [0.15, 0.2) is 17.3 Å². The van der Waals surface area contributed by atoms with Gasteiger partial charge < -0.3 is 4.90 Å². The van der Waals surface area contributed by atoms with Gasteiger partial charge in [-0.15, -0.1) is 0 Å². The van der Waals surface area contributed by atoms with E-state index in [2.05, 4.69) is 0 Å². The largest absolute Gasteiger partial charge is 0.352 e. The minimum Gasteiger partial charge on any atom is -0.352 e. The molecule has 0 saturated carbocycles. The molecule has 4 aromatic carbocycles. The van der Waals surface area contributed by atoms with Crippen molar-refractivity contribution in [1.29, 1.82) is 0 Å². The normalized spacial score (nSPS) is 22.1. The molecular weight excluding hydrogens is 513 g/mol. The zero-order valence-corrected chi connectivity index (χ0v) is 21.3. The SMILES string of the molecule is O=C(c1ccc(F)cc1)[C@H]1[C@H](c2cccc(Cl)c2)C2(C(=O)c3ccccc3C2=O)[C@@H]2C=Cc3ccccc3N21. The molecule has 3 aliphatic rings. The number of carbonyl (C=O) groups is 3. The van der Waals surface area contributed by atoms with Gasteiger partial charge in [-0.2, -0.15) is 0 Å². The van der Waals surface area contributed by atoms with Crippen LogP contribution in [0.4, 0.5) is 10.1 Å². The summed E-state index contributed by atoms with van der Waals surface area (Å²) in [5.41, 5.74) is 1.67. The molecule has 39 heavy (non-hydrogen) atoms. The second-order valence-electron chi connectivity index (χ2n) is 10.2. The van der Waals surface area contributed by atoms with E-state index in [1.54, 1.807) is 42.5 Å². The van der Waals surface area contributed by atoms with E-state index in [4.69, 9.17) is 11.6 Å². The van der Waals surface area contributed by atoms with Crippen molar-refractivity contribution in [3.63, 3.8) is 0 Å². The maximum absolute atomic E-state index is 14.5. The third-order valence-electron chi connectivity index (χ3n) is 8.32. The Kier molecular flexibility index (Phi) is 5.23. The molecule has 0 N–H and O–H groups in total. The van der Waals surface area contributed by atoms with Gasteiger partial charge in [-0.25, -0.2) is 4.39 Å². The summed E-state index contributed by atoms with van der Waals surface area (Å²) in [6.45, 7) is 0. The van der Waals surface area contributed by atoms with Crippen LogP contribution in [-0.2, 0) is 0 Å². The van der Waals surface area contributed by atoms with Gasteiger partial charge in [-0.05, 0) is 53.6 Å². The number of carbonyl (C=O) groups excluding carboxylic acids is 3. The number of anilines is 1. The van der Waals surface area contributed by atoms with Crippen LogP contribution in [0.3, 0.4) is 0 Å². The number of hydrogen-bond acceptors (Lipinski definition) is 4. The van der Waals surface area contributed by atoms with Crippen LogP contribution in [0, 0.1) is 11.2 Å². The fraction of sp³-hybridized carbons (Fsp3) is 0.121. The average molecular weight is 534 g/mol. The molecule has 1 spiro atoms. The Morgan fingerprint density at radius 2 is 1.49 bits per heavy atom. The molecule has 2 heterocycles. The first-order valence-electron chi connectivity index (χ1n) is 12.7. The van der Waals surface area contributed by atoms with Crippen LogP contribution in [0.2, 0.25) is 5.02 Å². The first kappa shape index (κ1) is 23.7. The molecule has 4 nitrogen and oxygen atoms in total. The molecule has 4 aromatic rings. The molecule has 1 fully saturated rings. The predicted molar refractivity (Wildman–Crippen MR) is 148 cm³/mol. The zero-order valence-electron chi connectivity index (χ0n) is 20.6. The highest BCUT2D eigenvalue weighted by Crippen LogP contribution is 2.61. The second kappa shape index (κ2) is 8.58. The van der Waals surface area contributed by atoms with E-state index in [9.17, 15) is 18.8 Å². The highest BCUT2D eigenvalue weighted by molar-refractivity contribution is 6.32. The number of para-hydroxylation sites is 1. The first-order chi connectivity index (χ1) is 18.9. The summed E-state index contributed by atoms with van der Waals surface area (Å²) >= 11 is 6.45. The lowest BCUT2D eigenvalue weighted by molar-refractivity contribution is 0.0666. The summed E-state index contributed by atoms with van der Waals surface area (Å²) in [6, 6.07) is 25.2. The average Bonchev–Trinajstić information content (AvgIpc) is 3.39. The van der Waals surface area contributed by atoms with Crippen LogP contribution in [0.15, 0.2) is 103 Å². The molecule has 190 valence electrons. The number of benzene rings is 4. The summed E-state index contributed by atoms with van der Waals surface area (Å²) in [7, 11) is 0. The molecule has 7 rings (SSSR count). The summed E-state index contributed by atoms with van der Waals surface area (Å²) in [6.07, 6.45) is 3.79. The van der Waals surface area contributed by atoms with Crippen LogP contribution in [0.5, 0.6) is 0 Å². The second-order valence-corrected chi connectivity index (χ2v) is 10.6. The minimum absolute atomic E-state index is 0.298. The monoisotopic (exact) mass is 533 g/mol. The van der Waals surface area contributed by atoms with Gasteiger partial charge in [0.1, 0.15) is 17.3 Å². The molecular formula is C33H21ClFNO3. The number of Topliss-reactive ketones (excluding diaryl/α,β-unsaturated/α-hetero) is 3. The maximum Gasteiger partial charge on any atom is 0.185 e. The highest BCUT2D eigenvalue weighted by Gasteiger charge is 2.71. The fourth-order valence-electron chi connectivity index (χ4n) is 6.78. The van der Waals surface area contributed by atoms with E-state index >= 15 is 0 Å². The highest BCUT2D eigenvalue weighted by atomic mass is 35.5. The van der Waals surface area contributed by atoms with Gasteiger partial charge in [-0.3, -0.25) is 14.4 Å². The van der Waals surface area contributed by atoms with E-state index in [1.165, 1.54) is 24.3 Å². The Bertz CT molecular complexity index is 1690. The van der Waals surface area contributed by atoms with Crippen molar-refractivity contribution in [3.8, 4) is 0 Å². The topological polar surface area (TPSA) is 54.5 Å². The van der Waals surface area contributed by atoms with Crippen LogP contribution < -0.4 is 4.90 Å². The van der Waals surface area contributed by atoms with Crippen molar-refractivity contribution in [2.24, 2.45) is 5.41 Å². The predicted octanol–water partition coefficient (Wildman–Crippen LogP) is 6.80. The van der Waals surface area contributed by atoms with Crippen LogP contribution in [-0.4, -0.2) is 29.4 Å². The minimum atomic E-state index is -1.60. The van der Waals surface area contributed by atoms with Gasteiger partial charge >= 0.3 is 0 Å². The molecule has 6 heteroatoms. The molecule has 0 unspecified atom stereocenters. The molecule has 0 aromatic heterocycles. The van der Waals surface area contributed by atoms with Crippen molar-refractivity contribution < 1.29 is 18.8 Å². The number of hydrogen-bond donors (Lipinski definition) is 0. The van der Waals surface area contributed by atoms with Gasteiger partial charge in [0, 0.05) is 33.3 Å². The van der Waals surface area contributed by atoms with E-state index in [1.807, 2.05) is 47.4 Å². The number of nitrogens with zero attached hydrogens (tertiary/aromatic N) is 1. The molecule has 1 aliphatic carbocycles. The van der Waals surface area contributed by atoms with Gasteiger partial charge in [0.25, 0.3) is 0 Å². The Balaban J connectivity index is 1.55. The summed E-state index contributed by atoms with van der Waals surface area (Å²) in [5, 5.41) is 0.437. The van der Waals surface area contributed by atoms with Crippen molar-refractivity contribution in [2.45, 2.75) is 18.0 Å². The van der Waals surface area contributed by atoms with Gasteiger partial charge in [0.2, 0.25) is 0 Å². The van der Waals surface area contributed by atoms with Crippen molar-refractivity contribution in [2.75, 3.05) is 4.90 Å². The lowest BCUT2D eigenvalue weighted by Gasteiger charge is -2.37. The number of ketones is 3. The molecule has 2 aliphatic heterocycles. The lowest BCUT2D eigenvalue weighted by atomic mass is 9.64. The van der Waals surface area contributed by atoms with E-state index < -0.39 is 29.2 Å². The van der Waals surface area contributed by atoms with E-state index in [-0.39, 0.29) is 17.3 Å². The smallest absolute Gasteiger partial charge is 0.185 e. The molecule has 0 bridgehead atoms. The number of rotatable bonds is 3. The molecule has 0 amide bonds.